The molecule has 1 N–H and O–H groups in total. The van der Waals surface area contributed by atoms with E-state index in [9.17, 15) is 14.4 Å². The molecule has 2 aromatic carbocycles. The summed E-state index contributed by atoms with van der Waals surface area (Å²) < 4.78 is 14.6. The molecule has 0 aliphatic rings. The quantitative estimate of drug-likeness (QED) is 0.156. The van der Waals surface area contributed by atoms with Crippen LogP contribution in [0.25, 0.3) is 6.08 Å². The molecule has 0 saturated carbocycles. The van der Waals surface area contributed by atoms with Crippen LogP contribution in [0.2, 0.25) is 5.02 Å². The SMILES string of the molecule is O=C(C=Cc1ccccc1)OCOC(=O)NCCCC(=O)Oc1ccc(Cl)cc1.[H-].[Na+]. The molecular weight excluding hydrogens is 421 g/mol. The molecule has 0 aliphatic carbocycles. The van der Waals surface area contributed by atoms with Crippen LogP contribution in [0.1, 0.15) is 19.8 Å². The van der Waals surface area contributed by atoms with E-state index >= 15 is 0 Å². The maximum Gasteiger partial charge on any atom is 1.00 e. The number of hydrogen-bond donors (Lipinski definition) is 1. The van der Waals surface area contributed by atoms with Gasteiger partial charge in [0.1, 0.15) is 5.75 Å². The number of ether oxygens (including phenoxy) is 3. The summed E-state index contributed by atoms with van der Waals surface area (Å²) in [5.41, 5.74) is 0.845. The molecule has 0 aliphatic heterocycles. The Bertz CT molecular complexity index is 849. The zero-order chi connectivity index (χ0) is 20.9. The number of carbonyl (C=O) groups excluding carboxylic acids is 3. The fraction of sp³-hybridized carbons (Fsp3) is 0.190. The molecule has 2 rings (SSSR count). The van der Waals surface area contributed by atoms with Gasteiger partial charge in [-0.05, 0) is 42.3 Å². The average molecular weight is 442 g/mol. The maximum absolute atomic E-state index is 11.7. The van der Waals surface area contributed by atoms with E-state index in [-0.39, 0.29) is 43.9 Å². The topological polar surface area (TPSA) is 90.9 Å². The Hall–Kier alpha value is -2.32. The molecule has 0 heterocycles. The Labute approximate surface area is 203 Å². The van der Waals surface area contributed by atoms with Gasteiger partial charge in [-0.1, -0.05) is 41.9 Å². The van der Waals surface area contributed by atoms with Crippen molar-refractivity contribution in [3.63, 3.8) is 0 Å². The van der Waals surface area contributed by atoms with Gasteiger partial charge >= 0.3 is 47.6 Å². The normalized spacial score (nSPS) is 10.0. The van der Waals surface area contributed by atoms with Crippen LogP contribution in [-0.4, -0.2) is 31.4 Å². The number of rotatable bonds is 9. The van der Waals surface area contributed by atoms with Gasteiger partial charge in [-0.2, -0.15) is 0 Å². The number of benzene rings is 2. The molecular formula is C21H21ClNNaO6. The van der Waals surface area contributed by atoms with Gasteiger partial charge in [-0.3, -0.25) is 4.79 Å². The minimum atomic E-state index is -0.754. The van der Waals surface area contributed by atoms with Crippen LogP contribution in [0.5, 0.6) is 5.75 Å². The van der Waals surface area contributed by atoms with Crippen LogP contribution in [0.4, 0.5) is 4.79 Å². The third kappa shape index (κ3) is 11.0. The van der Waals surface area contributed by atoms with Crippen molar-refractivity contribution in [2.45, 2.75) is 12.8 Å². The number of alkyl carbamates (subject to hydrolysis) is 1. The summed E-state index contributed by atoms with van der Waals surface area (Å²) >= 11 is 5.75. The van der Waals surface area contributed by atoms with Gasteiger partial charge in [-0.25, -0.2) is 9.59 Å². The van der Waals surface area contributed by atoms with Crippen molar-refractivity contribution in [3.05, 3.63) is 71.3 Å². The van der Waals surface area contributed by atoms with E-state index in [4.69, 9.17) is 25.8 Å². The molecule has 2 aromatic rings. The van der Waals surface area contributed by atoms with Gasteiger partial charge < -0.3 is 21.0 Å². The van der Waals surface area contributed by atoms with Gasteiger partial charge in [0.2, 0.25) is 6.79 Å². The number of hydrogen-bond acceptors (Lipinski definition) is 6. The number of halogens is 1. The molecule has 0 atom stereocenters. The van der Waals surface area contributed by atoms with E-state index in [1.54, 1.807) is 30.3 Å². The minimum absolute atomic E-state index is 0. The molecule has 0 fully saturated rings. The van der Waals surface area contributed by atoms with Gasteiger partial charge in [0.15, 0.2) is 0 Å². The summed E-state index contributed by atoms with van der Waals surface area (Å²) in [6.07, 6.45) is 2.55. The van der Waals surface area contributed by atoms with E-state index in [2.05, 4.69) is 5.32 Å². The Morgan fingerprint density at radius 3 is 2.40 bits per heavy atom. The van der Waals surface area contributed by atoms with Gasteiger partial charge in [-0.15, -0.1) is 0 Å². The van der Waals surface area contributed by atoms with Crippen molar-refractivity contribution in [2.24, 2.45) is 0 Å². The van der Waals surface area contributed by atoms with Gasteiger partial charge in [0, 0.05) is 24.1 Å². The predicted octanol–water partition coefficient (Wildman–Crippen LogP) is 1.08. The first-order valence-corrected chi connectivity index (χ1v) is 9.17. The maximum atomic E-state index is 11.7. The molecule has 0 saturated heterocycles. The molecule has 7 nitrogen and oxygen atoms in total. The van der Waals surface area contributed by atoms with E-state index in [1.807, 2.05) is 30.3 Å². The Morgan fingerprint density at radius 2 is 1.70 bits per heavy atom. The standard InChI is InChI=1S/C21H20ClNO6.Na.H/c22-17-9-11-18(12-10-17)29-20(25)7-4-14-23-21(26)28-15-27-19(24)13-8-16-5-2-1-3-6-16;;/h1-3,5-6,8-13H,4,7,14-15H2,(H,23,26);;/q;+1;-1. The summed E-state index contributed by atoms with van der Waals surface area (Å²) in [5, 5.41) is 2.99. The van der Waals surface area contributed by atoms with Crippen molar-refractivity contribution < 1.29 is 59.6 Å². The van der Waals surface area contributed by atoms with Gasteiger partial charge in [0.05, 0.1) is 0 Å². The molecule has 0 spiro atoms. The average Bonchev–Trinajstić information content (AvgIpc) is 2.72. The number of amides is 1. The minimum Gasteiger partial charge on any atom is -1.00 e. The van der Waals surface area contributed by atoms with Crippen LogP contribution in [-0.2, 0) is 19.1 Å². The van der Waals surface area contributed by atoms with E-state index in [0.717, 1.165) is 5.56 Å². The molecule has 0 radical (unpaired) electrons. The largest absolute Gasteiger partial charge is 1.00 e. The Balaban J connectivity index is 0.00000450. The summed E-state index contributed by atoms with van der Waals surface area (Å²) in [4.78, 5) is 34.7. The van der Waals surface area contributed by atoms with Crippen molar-refractivity contribution in [3.8, 4) is 5.75 Å². The van der Waals surface area contributed by atoms with E-state index in [1.165, 1.54) is 6.08 Å². The van der Waals surface area contributed by atoms with Crippen LogP contribution >= 0.6 is 11.6 Å². The smallest absolute Gasteiger partial charge is 1.00 e. The summed E-state index contributed by atoms with van der Waals surface area (Å²) in [5.74, 6) is -0.664. The summed E-state index contributed by atoms with van der Waals surface area (Å²) in [6, 6.07) is 15.6. The van der Waals surface area contributed by atoms with Gasteiger partial charge in [0.25, 0.3) is 0 Å². The zero-order valence-electron chi connectivity index (χ0n) is 17.5. The first-order valence-electron chi connectivity index (χ1n) is 8.80. The molecule has 0 bridgehead atoms. The van der Waals surface area contributed by atoms with Crippen LogP contribution in [0.15, 0.2) is 60.7 Å². The van der Waals surface area contributed by atoms with Crippen molar-refractivity contribution in [1.82, 2.24) is 5.32 Å². The monoisotopic (exact) mass is 441 g/mol. The van der Waals surface area contributed by atoms with Crippen molar-refractivity contribution >= 4 is 35.7 Å². The van der Waals surface area contributed by atoms with E-state index in [0.29, 0.717) is 17.2 Å². The van der Waals surface area contributed by atoms with Crippen LogP contribution < -0.4 is 39.6 Å². The fourth-order valence-electron chi connectivity index (χ4n) is 2.08. The third-order valence-corrected chi connectivity index (χ3v) is 3.73. The van der Waals surface area contributed by atoms with E-state index < -0.39 is 24.8 Å². The second kappa shape index (κ2) is 14.6. The molecule has 154 valence electrons. The Kier molecular flexibility index (Phi) is 12.5. The zero-order valence-corrected chi connectivity index (χ0v) is 19.3. The first kappa shape index (κ1) is 25.7. The molecule has 30 heavy (non-hydrogen) atoms. The van der Waals surface area contributed by atoms with Crippen molar-refractivity contribution in [1.29, 1.82) is 0 Å². The first-order chi connectivity index (χ1) is 14.0. The second-order valence-electron chi connectivity index (χ2n) is 5.72. The van der Waals surface area contributed by atoms with Crippen LogP contribution in [0.3, 0.4) is 0 Å². The second-order valence-corrected chi connectivity index (χ2v) is 6.15. The molecule has 0 aromatic heterocycles. The Morgan fingerprint density at radius 1 is 1.00 bits per heavy atom. The van der Waals surface area contributed by atoms with Crippen LogP contribution in [0, 0.1) is 0 Å². The third-order valence-electron chi connectivity index (χ3n) is 3.47. The predicted molar refractivity (Wildman–Crippen MR) is 108 cm³/mol. The van der Waals surface area contributed by atoms with Crippen molar-refractivity contribution in [2.75, 3.05) is 13.3 Å². The molecule has 9 heteroatoms. The number of nitrogens with one attached hydrogen (secondary N) is 1. The summed E-state index contributed by atoms with van der Waals surface area (Å²) in [6.45, 7) is -0.307. The number of esters is 2. The summed E-state index contributed by atoms with van der Waals surface area (Å²) in [7, 11) is 0. The fourth-order valence-corrected chi connectivity index (χ4v) is 2.20. The molecule has 1 amide bonds. The molecule has 0 unspecified atom stereocenters. The number of carbonyl (C=O) groups is 3.